The van der Waals surface area contributed by atoms with E-state index >= 15 is 0 Å². The van der Waals surface area contributed by atoms with Crippen LogP contribution in [0.3, 0.4) is 0 Å². The average molecular weight is 432 g/mol. The Hall–Kier alpha value is -1.83. The molecule has 2 fully saturated rings. The number of aliphatic imine (C=N–C) groups is 1. The summed E-state index contributed by atoms with van der Waals surface area (Å²) in [5.41, 5.74) is 1.28. The standard InChI is InChI=1S/C24H41N5O2/c1-20(19-28-11-5-4-6-12-28)17-26-24(25-2)27-18-23(29-13-15-31-16-14-29)21-7-9-22(30-3)10-8-21/h7-10,20,23H,4-6,11-19H2,1-3H3,(H2,25,26,27). The van der Waals surface area contributed by atoms with Gasteiger partial charge in [-0.25, -0.2) is 0 Å². The summed E-state index contributed by atoms with van der Waals surface area (Å²) in [5.74, 6) is 2.35. The summed E-state index contributed by atoms with van der Waals surface area (Å²) in [4.78, 5) is 9.55. The minimum absolute atomic E-state index is 0.263. The molecule has 0 radical (unpaired) electrons. The van der Waals surface area contributed by atoms with Gasteiger partial charge in [0.25, 0.3) is 0 Å². The van der Waals surface area contributed by atoms with Gasteiger partial charge in [-0.15, -0.1) is 0 Å². The molecule has 0 amide bonds. The van der Waals surface area contributed by atoms with E-state index in [-0.39, 0.29) is 6.04 Å². The first-order valence-electron chi connectivity index (χ1n) is 11.8. The number of piperidine rings is 1. The Morgan fingerprint density at radius 2 is 1.71 bits per heavy atom. The van der Waals surface area contributed by atoms with Gasteiger partial charge < -0.3 is 25.0 Å². The predicted molar refractivity (Wildman–Crippen MR) is 127 cm³/mol. The maximum absolute atomic E-state index is 5.57. The van der Waals surface area contributed by atoms with E-state index in [0.717, 1.165) is 57.6 Å². The highest BCUT2D eigenvalue weighted by molar-refractivity contribution is 5.79. The molecule has 0 aliphatic carbocycles. The summed E-state index contributed by atoms with van der Waals surface area (Å²) < 4.78 is 10.9. The third-order valence-electron chi connectivity index (χ3n) is 6.31. The van der Waals surface area contributed by atoms with Crippen LogP contribution in [-0.2, 0) is 4.74 Å². The van der Waals surface area contributed by atoms with Crippen molar-refractivity contribution in [3.63, 3.8) is 0 Å². The number of hydrogen-bond acceptors (Lipinski definition) is 5. The fraction of sp³-hybridized carbons (Fsp3) is 0.708. The fourth-order valence-electron chi connectivity index (χ4n) is 4.51. The van der Waals surface area contributed by atoms with E-state index in [2.05, 4.69) is 44.5 Å². The summed E-state index contributed by atoms with van der Waals surface area (Å²) >= 11 is 0. The van der Waals surface area contributed by atoms with Gasteiger partial charge >= 0.3 is 0 Å². The molecule has 1 aromatic rings. The van der Waals surface area contributed by atoms with Gasteiger partial charge in [0.2, 0.25) is 0 Å². The van der Waals surface area contributed by atoms with E-state index in [1.807, 2.05) is 19.2 Å². The maximum atomic E-state index is 5.57. The van der Waals surface area contributed by atoms with Gasteiger partial charge in [0.15, 0.2) is 5.96 Å². The second-order valence-electron chi connectivity index (χ2n) is 8.74. The number of likely N-dealkylation sites (tertiary alicyclic amines) is 1. The van der Waals surface area contributed by atoms with Crippen molar-refractivity contribution in [2.24, 2.45) is 10.9 Å². The lowest BCUT2D eigenvalue weighted by atomic mass is 10.0. The van der Waals surface area contributed by atoms with Gasteiger partial charge in [0, 0.05) is 39.8 Å². The van der Waals surface area contributed by atoms with Crippen LogP contribution in [0.2, 0.25) is 0 Å². The van der Waals surface area contributed by atoms with E-state index in [9.17, 15) is 0 Å². The van der Waals surface area contributed by atoms with Crippen molar-refractivity contribution in [1.82, 2.24) is 20.4 Å². The molecule has 0 spiro atoms. The van der Waals surface area contributed by atoms with Crippen LogP contribution in [0.5, 0.6) is 5.75 Å². The number of benzene rings is 1. The van der Waals surface area contributed by atoms with Crippen molar-refractivity contribution in [2.45, 2.75) is 32.2 Å². The molecule has 0 bridgehead atoms. The van der Waals surface area contributed by atoms with Crippen molar-refractivity contribution in [1.29, 1.82) is 0 Å². The second kappa shape index (κ2) is 12.9. The molecule has 0 saturated carbocycles. The smallest absolute Gasteiger partial charge is 0.191 e. The zero-order valence-electron chi connectivity index (χ0n) is 19.6. The predicted octanol–water partition coefficient (Wildman–Crippen LogP) is 2.36. The highest BCUT2D eigenvalue weighted by Crippen LogP contribution is 2.23. The Morgan fingerprint density at radius 1 is 1.03 bits per heavy atom. The molecule has 2 heterocycles. The monoisotopic (exact) mass is 431 g/mol. The van der Waals surface area contributed by atoms with E-state index in [1.165, 1.54) is 37.9 Å². The summed E-state index contributed by atoms with van der Waals surface area (Å²) in [5, 5.41) is 7.10. The lowest BCUT2D eigenvalue weighted by molar-refractivity contribution is 0.0170. The summed E-state index contributed by atoms with van der Waals surface area (Å²) in [6.45, 7) is 11.2. The molecule has 31 heavy (non-hydrogen) atoms. The molecule has 2 atom stereocenters. The molecule has 2 aliphatic heterocycles. The van der Waals surface area contributed by atoms with Gasteiger partial charge in [-0.05, 0) is 49.5 Å². The largest absolute Gasteiger partial charge is 0.497 e. The number of guanidine groups is 1. The van der Waals surface area contributed by atoms with Crippen molar-refractivity contribution in [3.8, 4) is 5.75 Å². The van der Waals surface area contributed by atoms with Crippen LogP contribution >= 0.6 is 0 Å². The van der Waals surface area contributed by atoms with Gasteiger partial charge in [-0.3, -0.25) is 9.89 Å². The van der Waals surface area contributed by atoms with Crippen LogP contribution in [0.15, 0.2) is 29.3 Å². The first kappa shape index (κ1) is 23.8. The highest BCUT2D eigenvalue weighted by Gasteiger charge is 2.23. The van der Waals surface area contributed by atoms with Crippen LogP contribution in [0.1, 0.15) is 37.8 Å². The third-order valence-corrected chi connectivity index (χ3v) is 6.31. The van der Waals surface area contributed by atoms with Crippen LogP contribution < -0.4 is 15.4 Å². The average Bonchev–Trinajstić information content (AvgIpc) is 2.83. The summed E-state index contributed by atoms with van der Waals surface area (Å²) in [6.07, 6.45) is 4.08. The quantitative estimate of drug-likeness (QED) is 0.462. The maximum Gasteiger partial charge on any atom is 0.191 e. The molecule has 1 aromatic carbocycles. The molecule has 2 N–H and O–H groups in total. The van der Waals surface area contributed by atoms with Gasteiger partial charge in [-0.1, -0.05) is 25.5 Å². The molecule has 3 rings (SSSR count). The van der Waals surface area contributed by atoms with E-state index < -0.39 is 0 Å². The van der Waals surface area contributed by atoms with Crippen molar-refractivity contribution >= 4 is 5.96 Å². The van der Waals surface area contributed by atoms with Crippen LogP contribution in [0.4, 0.5) is 0 Å². The molecule has 2 aliphatic rings. The molecule has 0 aromatic heterocycles. The zero-order chi connectivity index (χ0) is 21.9. The molecule has 7 heteroatoms. The lowest BCUT2D eigenvalue weighted by Crippen LogP contribution is -2.47. The molecular weight excluding hydrogens is 390 g/mol. The molecule has 7 nitrogen and oxygen atoms in total. The number of rotatable bonds is 9. The SMILES string of the molecule is CN=C(NCC(C)CN1CCCCC1)NCC(c1ccc(OC)cc1)N1CCOCC1. The number of methoxy groups -OCH3 is 1. The van der Waals surface area contributed by atoms with Crippen LogP contribution in [0, 0.1) is 5.92 Å². The molecule has 2 saturated heterocycles. The minimum atomic E-state index is 0.263. The van der Waals surface area contributed by atoms with Gasteiger partial charge in [-0.2, -0.15) is 0 Å². The zero-order valence-corrected chi connectivity index (χ0v) is 19.6. The van der Waals surface area contributed by atoms with E-state index in [1.54, 1.807) is 7.11 Å². The third kappa shape index (κ3) is 7.66. The Labute approximate surface area is 188 Å². The Kier molecular flexibility index (Phi) is 9.90. The highest BCUT2D eigenvalue weighted by atomic mass is 16.5. The first-order valence-corrected chi connectivity index (χ1v) is 11.8. The number of ether oxygens (including phenoxy) is 2. The Morgan fingerprint density at radius 3 is 2.35 bits per heavy atom. The molecular formula is C24H41N5O2. The lowest BCUT2D eigenvalue weighted by Gasteiger charge is -2.35. The minimum Gasteiger partial charge on any atom is -0.497 e. The van der Waals surface area contributed by atoms with E-state index in [4.69, 9.17) is 9.47 Å². The number of nitrogens with one attached hydrogen (secondary N) is 2. The van der Waals surface area contributed by atoms with Crippen LogP contribution in [-0.4, -0.2) is 88.9 Å². The van der Waals surface area contributed by atoms with Gasteiger partial charge in [0.1, 0.15) is 5.75 Å². The topological polar surface area (TPSA) is 61.4 Å². The number of nitrogens with zero attached hydrogens (tertiary/aromatic N) is 3. The van der Waals surface area contributed by atoms with Crippen molar-refractivity contribution in [2.75, 3.05) is 73.2 Å². The number of morpholine rings is 1. The second-order valence-corrected chi connectivity index (χ2v) is 8.74. The Bertz CT molecular complexity index is 654. The fourth-order valence-corrected chi connectivity index (χ4v) is 4.51. The Balaban J connectivity index is 1.52. The summed E-state index contributed by atoms with van der Waals surface area (Å²) in [6, 6.07) is 8.67. The van der Waals surface area contributed by atoms with Crippen molar-refractivity contribution < 1.29 is 9.47 Å². The number of hydrogen-bond donors (Lipinski definition) is 2. The van der Waals surface area contributed by atoms with E-state index in [0.29, 0.717) is 5.92 Å². The normalized spacial score (nSPS) is 20.8. The van der Waals surface area contributed by atoms with Crippen molar-refractivity contribution in [3.05, 3.63) is 29.8 Å². The summed E-state index contributed by atoms with van der Waals surface area (Å²) in [7, 11) is 3.56. The molecule has 174 valence electrons. The first-order chi connectivity index (χ1) is 15.2. The molecule has 2 unspecified atom stereocenters. The van der Waals surface area contributed by atoms with Crippen LogP contribution in [0.25, 0.3) is 0 Å². The van der Waals surface area contributed by atoms with Gasteiger partial charge in [0.05, 0.1) is 26.4 Å².